The van der Waals surface area contributed by atoms with Crippen LogP contribution in [-0.2, 0) is 31.1 Å². The highest BCUT2D eigenvalue weighted by atomic mass is 15.1. The van der Waals surface area contributed by atoms with E-state index in [9.17, 15) is 0 Å². The molecule has 1 aliphatic rings. The molecule has 0 amide bonds. The van der Waals surface area contributed by atoms with Crippen LogP contribution in [0.3, 0.4) is 0 Å². The lowest BCUT2D eigenvalue weighted by molar-refractivity contribution is 0.660. The highest BCUT2D eigenvalue weighted by molar-refractivity contribution is 5.86. The number of aryl methyl sites for hydroxylation is 8. The quantitative estimate of drug-likeness (QED) is 0.110. The molecule has 7 rings (SSSR count). The molecule has 0 atom stereocenters. The minimum atomic E-state index is -0.177. The van der Waals surface area contributed by atoms with E-state index in [1.807, 2.05) is 6.20 Å². The van der Waals surface area contributed by atoms with Crippen LogP contribution in [0.4, 0.5) is 22.7 Å². The van der Waals surface area contributed by atoms with Crippen molar-refractivity contribution >= 4 is 34.9 Å². The van der Waals surface area contributed by atoms with Gasteiger partial charge in [-0.3, -0.25) is 0 Å². The van der Waals surface area contributed by atoms with E-state index in [2.05, 4.69) is 225 Å². The van der Waals surface area contributed by atoms with Crippen LogP contribution < -0.4 is 10.2 Å². The number of hydrogen-bond acceptors (Lipinski definition) is 2. The number of benzene rings is 6. The highest BCUT2D eigenvalue weighted by Gasteiger charge is 2.36. The van der Waals surface area contributed by atoms with Crippen LogP contribution in [0, 0.1) is 27.7 Å². The molecular weight excluding hydrogens is 737 g/mol. The molecule has 2 heteroatoms. The lowest BCUT2D eigenvalue weighted by Crippen LogP contribution is -2.17. The molecule has 0 unspecified atom stereocenters. The Morgan fingerprint density at radius 3 is 1.67 bits per heavy atom. The minimum absolute atomic E-state index is 0.177. The molecule has 0 aliphatic heterocycles. The number of nitrogens with one attached hydrogen (secondary N) is 1. The molecule has 1 aliphatic carbocycles. The second-order valence-corrected chi connectivity index (χ2v) is 17.3. The maximum Gasteiger partial charge on any atom is 0.0465 e. The van der Waals surface area contributed by atoms with Gasteiger partial charge < -0.3 is 10.2 Å². The normalized spacial score (nSPS) is 13.4. The summed E-state index contributed by atoms with van der Waals surface area (Å²) in [4.78, 5) is 2.45. The first-order valence-corrected chi connectivity index (χ1v) is 22.4. The zero-order valence-electron chi connectivity index (χ0n) is 38.2. The van der Waals surface area contributed by atoms with Gasteiger partial charge in [-0.05, 0) is 191 Å². The maximum atomic E-state index is 3.50. The summed E-state index contributed by atoms with van der Waals surface area (Å²) in [7, 11) is 0. The fourth-order valence-electron chi connectivity index (χ4n) is 8.84. The fraction of sp³-hybridized carbons (Fsp3) is 0.254. The van der Waals surface area contributed by atoms with E-state index in [4.69, 9.17) is 0 Å². The van der Waals surface area contributed by atoms with Gasteiger partial charge in [0.1, 0.15) is 0 Å². The van der Waals surface area contributed by atoms with Gasteiger partial charge in [0.2, 0.25) is 0 Å². The molecule has 61 heavy (non-hydrogen) atoms. The Morgan fingerprint density at radius 2 is 1.02 bits per heavy atom. The average molecular weight is 801 g/mol. The molecule has 0 aromatic heterocycles. The molecule has 6 aromatic carbocycles. The molecule has 0 bridgehead atoms. The van der Waals surface area contributed by atoms with Crippen LogP contribution in [-0.4, -0.2) is 0 Å². The van der Waals surface area contributed by atoms with Gasteiger partial charge in [0.05, 0.1) is 0 Å². The van der Waals surface area contributed by atoms with Crippen molar-refractivity contribution in [3.05, 3.63) is 212 Å². The molecule has 310 valence electrons. The standard InChI is InChI=1S/C59H64N2/c1-11-47-25-27-51(37-49(47)13-3)60-33-15-16-44(20-22-45-19-17-40(5)42(7)34-45)21-23-46-24-31-55-56-32-30-54(39-58(56)59(9,10)57(55)36-46)61(52-28-18-41(6)43(8)35-52)53-29-26-48(12-2)50(14-4)38-53/h15-39,60H,11-14H2,1-10H3/b22-20-,23-21+,33-15+,44-16+. The van der Waals surface area contributed by atoms with E-state index in [1.54, 1.807) is 0 Å². The van der Waals surface area contributed by atoms with Crippen molar-refractivity contribution in [2.75, 3.05) is 10.2 Å². The summed E-state index contributed by atoms with van der Waals surface area (Å²) in [5, 5.41) is 3.50. The fourth-order valence-corrected chi connectivity index (χ4v) is 8.84. The third-order valence-corrected chi connectivity index (χ3v) is 13.0. The van der Waals surface area contributed by atoms with Gasteiger partial charge in [0, 0.05) is 34.4 Å². The maximum absolute atomic E-state index is 3.50. The molecule has 2 nitrogen and oxygen atoms in total. The van der Waals surface area contributed by atoms with Crippen LogP contribution in [0.2, 0.25) is 0 Å². The van der Waals surface area contributed by atoms with E-state index >= 15 is 0 Å². The van der Waals surface area contributed by atoms with Crippen molar-refractivity contribution in [1.82, 2.24) is 0 Å². The third kappa shape index (κ3) is 9.30. The van der Waals surface area contributed by atoms with Gasteiger partial charge in [-0.25, -0.2) is 0 Å². The van der Waals surface area contributed by atoms with Crippen LogP contribution in [0.5, 0.6) is 0 Å². The zero-order chi connectivity index (χ0) is 43.3. The highest BCUT2D eigenvalue weighted by Crippen LogP contribution is 2.51. The molecule has 1 N–H and O–H groups in total. The molecule has 0 saturated heterocycles. The van der Waals surface area contributed by atoms with E-state index in [0.717, 1.165) is 36.9 Å². The monoisotopic (exact) mass is 801 g/mol. The van der Waals surface area contributed by atoms with Gasteiger partial charge in [0.15, 0.2) is 0 Å². The number of hydrogen-bond donors (Lipinski definition) is 1. The Hall–Kier alpha value is -6.12. The summed E-state index contributed by atoms with van der Waals surface area (Å²) in [6.07, 6.45) is 19.4. The smallest absolute Gasteiger partial charge is 0.0465 e. The molecule has 0 radical (unpaired) electrons. The Bertz CT molecular complexity index is 2680. The van der Waals surface area contributed by atoms with Crippen LogP contribution in [0.1, 0.15) is 108 Å². The second kappa shape index (κ2) is 18.7. The number of rotatable bonds is 14. The van der Waals surface area contributed by atoms with E-state index in [1.165, 1.54) is 95.0 Å². The predicted octanol–water partition coefficient (Wildman–Crippen LogP) is 16.2. The Kier molecular flexibility index (Phi) is 13.1. The van der Waals surface area contributed by atoms with Crippen LogP contribution >= 0.6 is 0 Å². The predicted molar refractivity (Wildman–Crippen MR) is 267 cm³/mol. The van der Waals surface area contributed by atoms with Crippen molar-refractivity contribution in [2.24, 2.45) is 0 Å². The first-order valence-electron chi connectivity index (χ1n) is 22.4. The molecule has 0 saturated carbocycles. The number of fused-ring (bicyclic) bond motifs is 3. The lowest BCUT2D eigenvalue weighted by atomic mass is 9.81. The first-order chi connectivity index (χ1) is 29.4. The van der Waals surface area contributed by atoms with Gasteiger partial charge in [-0.15, -0.1) is 0 Å². The summed E-state index contributed by atoms with van der Waals surface area (Å²) < 4.78 is 0. The van der Waals surface area contributed by atoms with Crippen molar-refractivity contribution in [1.29, 1.82) is 0 Å². The van der Waals surface area contributed by atoms with Crippen molar-refractivity contribution in [3.8, 4) is 11.1 Å². The van der Waals surface area contributed by atoms with E-state index in [-0.39, 0.29) is 5.41 Å². The summed E-state index contributed by atoms with van der Waals surface area (Å²) in [5.74, 6) is 0. The molecule has 0 spiro atoms. The average Bonchev–Trinajstić information content (AvgIpc) is 3.49. The van der Waals surface area contributed by atoms with Gasteiger partial charge in [-0.2, -0.15) is 0 Å². The summed E-state index contributed by atoms with van der Waals surface area (Å²) in [6, 6.07) is 41.3. The van der Waals surface area contributed by atoms with E-state index in [0.29, 0.717) is 0 Å². The second-order valence-electron chi connectivity index (χ2n) is 17.3. The largest absolute Gasteiger partial charge is 0.362 e. The van der Waals surface area contributed by atoms with Crippen molar-refractivity contribution < 1.29 is 0 Å². The summed E-state index contributed by atoms with van der Waals surface area (Å²) in [6.45, 7) is 22.5. The van der Waals surface area contributed by atoms with Crippen LogP contribution in [0.15, 0.2) is 145 Å². The Balaban J connectivity index is 1.20. The first kappa shape index (κ1) is 43.0. The van der Waals surface area contributed by atoms with E-state index < -0.39 is 0 Å². The minimum Gasteiger partial charge on any atom is -0.362 e. The number of nitrogens with zero attached hydrogens (tertiary/aromatic N) is 1. The summed E-state index contributed by atoms with van der Waals surface area (Å²) in [5.41, 5.74) is 24.3. The topological polar surface area (TPSA) is 15.3 Å². The lowest BCUT2D eigenvalue weighted by Gasteiger charge is -2.29. The summed E-state index contributed by atoms with van der Waals surface area (Å²) >= 11 is 0. The van der Waals surface area contributed by atoms with Crippen LogP contribution in [0.25, 0.3) is 23.3 Å². The number of anilines is 4. The number of allylic oxidation sites excluding steroid dienone is 5. The Labute approximate surface area is 367 Å². The van der Waals surface area contributed by atoms with Gasteiger partial charge in [0.25, 0.3) is 0 Å². The molecule has 0 fully saturated rings. The third-order valence-electron chi connectivity index (χ3n) is 13.0. The molecule has 0 heterocycles. The SMILES string of the molecule is CCc1ccc(N/C=C/C=C(\C=C/c2ccc(C)c(C)c2)/C=C/c2ccc3c(c2)C(C)(C)c2cc(N(c4ccc(C)c(C)c4)c4ccc(CC)c(CC)c4)ccc2-3)cc1CC. The van der Waals surface area contributed by atoms with Gasteiger partial charge >= 0.3 is 0 Å². The zero-order valence-corrected chi connectivity index (χ0v) is 38.2. The van der Waals surface area contributed by atoms with Crippen molar-refractivity contribution in [3.63, 3.8) is 0 Å². The molecular formula is C59H64N2. The molecule has 6 aromatic rings. The van der Waals surface area contributed by atoms with Crippen molar-refractivity contribution in [2.45, 2.75) is 100 Å². The van der Waals surface area contributed by atoms with Gasteiger partial charge in [-0.1, -0.05) is 133 Å². The Morgan fingerprint density at radius 1 is 0.508 bits per heavy atom.